The fourth-order valence-corrected chi connectivity index (χ4v) is 5.02. The molecule has 0 aliphatic rings. The summed E-state index contributed by atoms with van der Waals surface area (Å²) in [5.74, 6) is -2.50. The van der Waals surface area contributed by atoms with Crippen LogP contribution < -0.4 is 5.32 Å². The summed E-state index contributed by atoms with van der Waals surface area (Å²) in [4.78, 5) is 32.6. The van der Waals surface area contributed by atoms with E-state index in [0.29, 0.717) is 33.0 Å². The van der Waals surface area contributed by atoms with Crippen LogP contribution in [0, 0.1) is 11.6 Å². The van der Waals surface area contributed by atoms with Gasteiger partial charge < -0.3 is 10.1 Å². The number of nitrogens with one attached hydrogen (secondary N) is 1. The second kappa shape index (κ2) is 10.1. The number of thiazole rings is 2. The number of aromatic nitrogens is 2. The Bertz CT molecular complexity index is 1050. The number of hydrogen-bond donors (Lipinski definition) is 1. The Balaban J connectivity index is 1.57. The van der Waals surface area contributed by atoms with Gasteiger partial charge in [0.15, 0.2) is 21.1 Å². The van der Waals surface area contributed by atoms with Crippen LogP contribution in [0.25, 0.3) is 11.3 Å². The van der Waals surface area contributed by atoms with E-state index >= 15 is 0 Å². The predicted octanol–water partition coefficient (Wildman–Crippen LogP) is 4.77. The summed E-state index contributed by atoms with van der Waals surface area (Å²) in [5.41, 5.74) is 1.47. The van der Waals surface area contributed by atoms with Gasteiger partial charge in [0.2, 0.25) is 5.91 Å². The molecular weight excluding hydrogens is 452 g/mol. The van der Waals surface area contributed by atoms with E-state index in [1.165, 1.54) is 40.5 Å². The molecule has 0 saturated carbocycles. The SMILES string of the molecule is CCOC(=O)Cc1csc(SC(C)C(=O)Nc2nc(-c3ccc(F)c(F)c3)cs2)n1. The largest absolute Gasteiger partial charge is 0.466 e. The molecule has 0 radical (unpaired) electrons. The van der Waals surface area contributed by atoms with Gasteiger partial charge >= 0.3 is 5.97 Å². The first-order valence-electron chi connectivity index (χ1n) is 8.84. The number of amides is 1. The quantitative estimate of drug-likeness (QED) is 0.378. The molecule has 11 heteroatoms. The van der Waals surface area contributed by atoms with E-state index in [-0.39, 0.29) is 18.3 Å². The standard InChI is InChI=1S/C19H17F2N3O3S3/c1-3-27-16(25)7-12-8-29-19(22-12)30-10(2)17(26)24-18-23-15(9-28-18)11-4-5-13(20)14(21)6-11/h4-6,8-10H,3,7H2,1-2H3,(H,23,24,26). The van der Waals surface area contributed by atoms with Crippen molar-refractivity contribution < 1.29 is 23.1 Å². The smallest absolute Gasteiger partial charge is 0.311 e. The van der Waals surface area contributed by atoms with Crippen LogP contribution in [0.5, 0.6) is 0 Å². The van der Waals surface area contributed by atoms with Crippen LogP contribution in [0.3, 0.4) is 0 Å². The lowest BCUT2D eigenvalue weighted by Crippen LogP contribution is -2.22. The average Bonchev–Trinajstić information content (AvgIpc) is 3.33. The first kappa shape index (κ1) is 22.3. The van der Waals surface area contributed by atoms with Gasteiger partial charge in [-0.1, -0.05) is 11.8 Å². The second-order valence-corrected chi connectivity index (χ2v) is 9.31. The molecule has 1 aromatic carbocycles. The van der Waals surface area contributed by atoms with Crippen molar-refractivity contribution in [2.75, 3.05) is 11.9 Å². The fraction of sp³-hybridized carbons (Fsp3) is 0.263. The highest BCUT2D eigenvalue weighted by atomic mass is 32.2. The lowest BCUT2D eigenvalue weighted by Gasteiger charge is -2.08. The van der Waals surface area contributed by atoms with Crippen molar-refractivity contribution in [3.63, 3.8) is 0 Å². The summed E-state index contributed by atoms with van der Waals surface area (Å²) in [7, 11) is 0. The number of nitrogens with zero attached hydrogens (tertiary/aromatic N) is 2. The Labute approximate surface area is 183 Å². The maximum atomic E-state index is 13.4. The van der Waals surface area contributed by atoms with Crippen LogP contribution in [0.15, 0.2) is 33.3 Å². The molecule has 0 aliphatic heterocycles. The molecular formula is C19H17F2N3O3S3. The molecule has 3 rings (SSSR count). The van der Waals surface area contributed by atoms with Gasteiger partial charge in [-0.15, -0.1) is 22.7 Å². The maximum Gasteiger partial charge on any atom is 0.311 e. The number of rotatable bonds is 8. The van der Waals surface area contributed by atoms with E-state index in [0.717, 1.165) is 12.1 Å². The van der Waals surface area contributed by atoms with Crippen molar-refractivity contribution in [2.24, 2.45) is 0 Å². The van der Waals surface area contributed by atoms with Crippen molar-refractivity contribution in [2.45, 2.75) is 29.9 Å². The number of carbonyl (C=O) groups is 2. The van der Waals surface area contributed by atoms with Crippen molar-refractivity contribution >= 4 is 51.4 Å². The number of thioether (sulfide) groups is 1. The van der Waals surface area contributed by atoms with Crippen molar-refractivity contribution in [1.29, 1.82) is 0 Å². The molecule has 30 heavy (non-hydrogen) atoms. The van der Waals surface area contributed by atoms with Gasteiger partial charge in [0, 0.05) is 16.3 Å². The molecule has 2 aromatic heterocycles. The number of anilines is 1. The molecule has 0 fully saturated rings. The van der Waals surface area contributed by atoms with Gasteiger partial charge in [-0.3, -0.25) is 9.59 Å². The highest BCUT2D eigenvalue weighted by Gasteiger charge is 2.19. The summed E-state index contributed by atoms with van der Waals surface area (Å²) >= 11 is 3.81. The van der Waals surface area contributed by atoms with Crippen LogP contribution in [-0.4, -0.2) is 33.7 Å². The first-order valence-corrected chi connectivity index (χ1v) is 11.5. The Morgan fingerprint density at radius 3 is 2.73 bits per heavy atom. The van der Waals surface area contributed by atoms with Crippen LogP contribution in [0.2, 0.25) is 0 Å². The van der Waals surface area contributed by atoms with Crippen molar-refractivity contribution in [1.82, 2.24) is 9.97 Å². The molecule has 0 bridgehead atoms. The molecule has 0 aliphatic carbocycles. The van der Waals surface area contributed by atoms with E-state index < -0.39 is 16.9 Å². The molecule has 0 spiro atoms. The van der Waals surface area contributed by atoms with Crippen molar-refractivity contribution in [3.05, 3.63) is 46.3 Å². The summed E-state index contributed by atoms with van der Waals surface area (Å²) in [5, 5.41) is 6.03. The molecule has 0 saturated heterocycles. The minimum atomic E-state index is -0.957. The molecule has 1 atom stereocenters. The third-order valence-corrected chi connectivity index (χ3v) is 6.64. The summed E-state index contributed by atoms with van der Waals surface area (Å²) in [6, 6.07) is 3.52. The Morgan fingerprint density at radius 2 is 2.00 bits per heavy atom. The number of ether oxygens (including phenoxy) is 1. The number of benzene rings is 1. The molecule has 1 N–H and O–H groups in total. The molecule has 2 heterocycles. The zero-order valence-corrected chi connectivity index (χ0v) is 18.4. The maximum absolute atomic E-state index is 13.4. The zero-order chi connectivity index (χ0) is 21.7. The number of hydrogen-bond acceptors (Lipinski definition) is 8. The zero-order valence-electron chi connectivity index (χ0n) is 16.0. The lowest BCUT2D eigenvalue weighted by molar-refractivity contribution is -0.142. The fourth-order valence-electron chi connectivity index (χ4n) is 2.31. The molecule has 3 aromatic rings. The van der Waals surface area contributed by atoms with Gasteiger partial charge in [-0.25, -0.2) is 18.7 Å². The third kappa shape index (κ3) is 5.83. The first-order chi connectivity index (χ1) is 14.4. The van der Waals surface area contributed by atoms with Gasteiger partial charge in [0.1, 0.15) is 0 Å². The van der Waals surface area contributed by atoms with Gasteiger partial charge in [0.25, 0.3) is 0 Å². The number of halogens is 2. The second-order valence-electron chi connectivity index (χ2n) is 6.00. The molecule has 158 valence electrons. The molecule has 1 amide bonds. The molecule has 6 nitrogen and oxygen atoms in total. The van der Waals surface area contributed by atoms with Crippen LogP contribution >= 0.6 is 34.4 Å². The van der Waals surface area contributed by atoms with Gasteiger partial charge in [-0.05, 0) is 32.0 Å². The predicted molar refractivity (Wildman–Crippen MR) is 114 cm³/mol. The van der Waals surface area contributed by atoms with Gasteiger partial charge in [-0.2, -0.15) is 0 Å². The van der Waals surface area contributed by atoms with E-state index in [1.54, 1.807) is 24.6 Å². The minimum Gasteiger partial charge on any atom is -0.466 e. The van der Waals surface area contributed by atoms with E-state index in [4.69, 9.17) is 4.74 Å². The highest BCUT2D eigenvalue weighted by Crippen LogP contribution is 2.29. The topological polar surface area (TPSA) is 81.2 Å². The molecule has 1 unspecified atom stereocenters. The van der Waals surface area contributed by atoms with Crippen LogP contribution in [-0.2, 0) is 20.7 Å². The minimum absolute atomic E-state index is 0.0946. The van der Waals surface area contributed by atoms with Gasteiger partial charge in [0.05, 0.1) is 29.7 Å². The van der Waals surface area contributed by atoms with E-state index in [9.17, 15) is 18.4 Å². The number of carbonyl (C=O) groups excluding carboxylic acids is 2. The summed E-state index contributed by atoms with van der Waals surface area (Å²) in [6.45, 7) is 3.79. The van der Waals surface area contributed by atoms with Crippen molar-refractivity contribution in [3.8, 4) is 11.3 Å². The average molecular weight is 470 g/mol. The summed E-state index contributed by atoms with van der Waals surface area (Å²) in [6.07, 6.45) is 0.0946. The Kier molecular flexibility index (Phi) is 7.51. The highest BCUT2D eigenvalue weighted by molar-refractivity contribution is 8.02. The van der Waals surface area contributed by atoms with E-state index in [2.05, 4.69) is 15.3 Å². The lowest BCUT2D eigenvalue weighted by atomic mass is 10.2. The van der Waals surface area contributed by atoms with E-state index in [1.807, 2.05) is 0 Å². The van der Waals surface area contributed by atoms with Crippen LogP contribution in [0.1, 0.15) is 19.5 Å². The monoisotopic (exact) mass is 469 g/mol. The number of esters is 1. The normalized spacial score (nSPS) is 11.9. The summed E-state index contributed by atoms with van der Waals surface area (Å²) < 4.78 is 32.0. The third-order valence-electron chi connectivity index (χ3n) is 3.76. The Morgan fingerprint density at radius 1 is 1.20 bits per heavy atom. The van der Waals surface area contributed by atoms with Crippen LogP contribution in [0.4, 0.5) is 13.9 Å². The Hall–Kier alpha value is -2.37.